The first-order valence-electron chi connectivity index (χ1n) is 11.3. The quantitative estimate of drug-likeness (QED) is 0.219. The van der Waals surface area contributed by atoms with Crippen molar-refractivity contribution in [2.45, 2.75) is 43.1 Å². The Morgan fingerprint density at radius 2 is 1.97 bits per heavy atom. The Morgan fingerprint density at radius 1 is 1.21 bits per heavy atom. The molecule has 2 aromatic rings. The molecule has 0 saturated carbocycles. The second-order valence-electron chi connectivity index (χ2n) is 9.36. The van der Waals surface area contributed by atoms with Gasteiger partial charge in [-0.3, -0.25) is 15.0 Å². The van der Waals surface area contributed by atoms with E-state index in [4.69, 9.17) is 18.9 Å². The Labute approximate surface area is 196 Å². The van der Waals surface area contributed by atoms with Gasteiger partial charge in [0, 0.05) is 41.1 Å². The molecule has 176 valence electrons. The molecule has 0 radical (unpaired) electrons. The zero-order chi connectivity index (χ0) is 23.8. The number of ether oxygens (including phenoxy) is 4. The molecular weight excluding hydrogens is 440 g/mol. The normalized spacial score (nSPS) is 32.0. The van der Waals surface area contributed by atoms with Gasteiger partial charge in [0.2, 0.25) is 0 Å². The largest absolute Gasteiger partial charge is 0.514 e. The molecule has 34 heavy (non-hydrogen) atoms. The molecule has 2 aromatic carbocycles. The molecule has 0 amide bonds. The van der Waals surface area contributed by atoms with Gasteiger partial charge in [-0.15, -0.1) is 0 Å². The molecule has 0 N–H and O–H groups in total. The molecule has 1 unspecified atom stereocenters. The first kappa shape index (κ1) is 21.0. The summed E-state index contributed by atoms with van der Waals surface area (Å²) in [5.74, 6) is 1.77. The number of likely N-dealkylation sites (tertiary alicyclic amines) is 1. The Kier molecular flexibility index (Phi) is 4.44. The van der Waals surface area contributed by atoms with Crippen molar-refractivity contribution in [3.63, 3.8) is 0 Å². The summed E-state index contributed by atoms with van der Waals surface area (Å²) in [7, 11) is 3.79. The topological polar surface area (TPSA) is 100 Å². The van der Waals surface area contributed by atoms with Crippen LogP contribution in [-0.2, 0) is 10.2 Å². The number of rotatable bonds is 4. The maximum atomic E-state index is 12.7. The van der Waals surface area contributed by atoms with Crippen LogP contribution in [0.5, 0.6) is 17.2 Å². The van der Waals surface area contributed by atoms with Crippen LogP contribution in [0.3, 0.4) is 0 Å². The van der Waals surface area contributed by atoms with Crippen molar-refractivity contribution >= 4 is 11.8 Å². The van der Waals surface area contributed by atoms with Gasteiger partial charge in [-0.2, -0.15) is 0 Å². The number of nitro groups is 1. The maximum absolute atomic E-state index is 12.7. The third kappa shape index (κ3) is 2.67. The highest BCUT2D eigenvalue weighted by molar-refractivity contribution is 5.67. The van der Waals surface area contributed by atoms with Gasteiger partial charge in [-0.1, -0.05) is 12.1 Å². The number of non-ortho nitro benzene ring substituents is 1. The van der Waals surface area contributed by atoms with Crippen LogP contribution >= 0.6 is 0 Å². The number of nitro benzene ring substituents is 1. The van der Waals surface area contributed by atoms with Crippen LogP contribution in [-0.4, -0.2) is 48.4 Å². The number of hydrogen-bond acceptors (Lipinski definition) is 8. The van der Waals surface area contributed by atoms with Gasteiger partial charge < -0.3 is 18.9 Å². The summed E-state index contributed by atoms with van der Waals surface area (Å²) < 4.78 is 23.2. The Hall–Kier alpha value is -3.59. The van der Waals surface area contributed by atoms with Crippen LogP contribution in [0.4, 0.5) is 10.5 Å². The standard InChI is InChI=1S/C25H24N2O7/c1-13-17-9-11-20(33-24(28)32-15-6-4-14(5-7-15)27(29)30)23-25(17)12-18(26(13)2)16-8-10-19(31-3)22(34-23)21(16)25/h4-11,13,17-18,20,23H,12H2,1-3H3/t13-,17+,18?,20+,23+,25+/m1/s1. The minimum Gasteiger partial charge on any atom is -0.493 e. The monoisotopic (exact) mass is 464 g/mol. The number of fused-ring (bicyclic) bond motifs is 2. The fraction of sp³-hybridized carbons (Fsp3) is 0.400. The zero-order valence-corrected chi connectivity index (χ0v) is 19.0. The minimum atomic E-state index is -0.888. The Morgan fingerprint density at radius 3 is 2.68 bits per heavy atom. The first-order chi connectivity index (χ1) is 16.3. The van der Waals surface area contributed by atoms with Crippen LogP contribution in [0, 0.1) is 16.0 Å². The lowest BCUT2D eigenvalue weighted by atomic mass is 9.60. The van der Waals surface area contributed by atoms with Crippen LogP contribution in [0.15, 0.2) is 48.6 Å². The van der Waals surface area contributed by atoms with Gasteiger partial charge in [0.15, 0.2) is 17.6 Å². The van der Waals surface area contributed by atoms with E-state index in [9.17, 15) is 14.9 Å². The van der Waals surface area contributed by atoms with Crippen LogP contribution in [0.2, 0.25) is 0 Å². The summed E-state index contributed by atoms with van der Waals surface area (Å²) in [6, 6.07) is 9.89. The minimum absolute atomic E-state index is 0.0879. The molecule has 9 nitrogen and oxygen atoms in total. The van der Waals surface area contributed by atoms with E-state index >= 15 is 0 Å². The molecule has 2 bridgehead atoms. The van der Waals surface area contributed by atoms with Gasteiger partial charge >= 0.3 is 6.16 Å². The van der Waals surface area contributed by atoms with E-state index in [-0.39, 0.29) is 34.9 Å². The summed E-state index contributed by atoms with van der Waals surface area (Å²) in [6.45, 7) is 2.23. The van der Waals surface area contributed by atoms with Crippen molar-refractivity contribution < 1.29 is 28.7 Å². The predicted molar refractivity (Wildman–Crippen MR) is 120 cm³/mol. The third-order valence-electron chi connectivity index (χ3n) is 8.02. The molecule has 6 atom stereocenters. The summed E-state index contributed by atoms with van der Waals surface area (Å²) in [6.07, 6.45) is 2.96. The van der Waals surface area contributed by atoms with E-state index in [1.54, 1.807) is 7.11 Å². The average Bonchev–Trinajstić information content (AvgIpc) is 3.32. The molecule has 9 heteroatoms. The average molecular weight is 464 g/mol. The Bertz CT molecular complexity index is 1230. The smallest absolute Gasteiger partial charge is 0.493 e. The number of nitrogens with zero attached hydrogens (tertiary/aromatic N) is 2. The highest BCUT2D eigenvalue weighted by Crippen LogP contribution is 2.68. The second-order valence-corrected chi connectivity index (χ2v) is 9.36. The van der Waals surface area contributed by atoms with Gasteiger partial charge in [-0.05, 0) is 50.2 Å². The lowest BCUT2D eigenvalue weighted by Crippen LogP contribution is -2.60. The number of carbonyl (C=O) groups is 1. The molecule has 6 rings (SSSR count). The Balaban J connectivity index is 1.32. The highest BCUT2D eigenvalue weighted by Gasteiger charge is 2.68. The molecule has 0 aromatic heterocycles. The van der Waals surface area contributed by atoms with Crippen LogP contribution in [0.25, 0.3) is 0 Å². The van der Waals surface area contributed by atoms with E-state index in [0.29, 0.717) is 5.75 Å². The first-order valence-corrected chi connectivity index (χ1v) is 11.3. The van der Waals surface area contributed by atoms with Crippen molar-refractivity contribution in [1.29, 1.82) is 0 Å². The van der Waals surface area contributed by atoms with Crippen molar-refractivity contribution in [1.82, 2.24) is 4.90 Å². The van der Waals surface area contributed by atoms with Crippen LogP contribution < -0.4 is 14.2 Å². The predicted octanol–water partition coefficient (Wildman–Crippen LogP) is 4.15. The van der Waals surface area contributed by atoms with Gasteiger partial charge in [0.05, 0.1) is 12.0 Å². The molecular formula is C25H24N2O7. The number of piperidine rings is 1. The van der Waals surface area contributed by atoms with Crippen molar-refractivity contribution in [3.05, 3.63) is 69.8 Å². The van der Waals surface area contributed by atoms with Crippen molar-refractivity contribution in [2.24, 2.45) is 5.92 Å². The SMILES string of the molecule is COc1ccc2c3c1O[C@H]1[C@@H](OC(=O)Oc4ccc([N+](=O)[O-])cc4)C=C[C@H]4[C@@H](C)N(C)C2C[C@@]341. The van der Waals surface area contributed by atoms with Gasteiger partial charge in [0.1, 0.15) is 11.9 Å². The molecule has 2 aliphatic heterocycles. The lowest BCUT2D eigenvalue weighted by molar-refractivity contribution is -0.384. The van der Waals surface area contributed by atoms with E-state index in [0.717, 1.165) is 12.2 Å². The van der Waals surface area contributed by atoms with Crippen LogP contribution in [0.1, 0.15) is 30.5 Å². The van der Waals surface area contributed by atoms with Crippen molar-refractivity contribution in [2.75, 3.05) is 14.2 Å². The maximum Gasteiger partial charge on any atom is 0.514 e. The van der Waals surface area contributed by atoms with Crippen molar-refractivity contribution in [3.8, 4) is 17.2 Å². The fourth-order valence-electron chi connectivity index (χ4n) is 6.45. The van der Waals surface area contributed by atoms with E-state index < -0.39 is 23.3 Å². The summed E-state index contributed by atoms with van der Waals surface area (Å²) >= 11 is 0. The van der Waals surface area contributed by atoms with Gasteiger partial charge in [-0.25, -0.2) is 4.79 Å². The number of carbonyl (C=O) groups excluding carboxylic acids is 1. The summed E-state index contributed by atoms with van der Waals surface area (Å²) in [5.41, 5.74) is 2.01. The molecule has 1 spiro atoms. The third-order valence-corrected chi connectivity index (χ3v) is 8.02. The zero-order valence-electron chi connectivity index (χ0n) is 19.0. The molecule has 2 aliphatic carbocycles. The lowest BCUT2D eigenvalue weighted by Gasteiger charge is -2.51. The van der Waals surface area contributed by atoms with Gasteiger partial charge in [0.25, 0.3) is 5.69 Å². The molecule has 2 heterocycles. The number of benzene rings is 2. The second kappa shape index (κ2) is 7.20. The number of hydrogen-bond donors (Lipinski definition) is 0. The highest BCUT2D eigenvalue weighted by atomic mass is 16.7. The number of methoxy groups -OCH3 is 1. The fourth-order valence-corrected chi connectivity index (χ4v) is 6.45. The molecule has 4 aliphatic rings. The van der Waals surface area contributed by atoms with E-state index in [1.165, 1.54) is 35.4 Å². The summed E-state index contributed by atoms with van der Waals surface area (Å²) in [4.78, 5) is 25.4. The summed E-state index contributed by atoms with van der Waals surface area (Å²) in [5, 5.41) is 10.8. The molecule has 1 saturated heterocycles. The van der Waals surface area contributed by atoms with E-state index in [1.807, 2.05) is 12.1 Å². The van der Waals surface area contributed by atoms with E-state index in [2.05, 4.69) is 31.0 Å². The molecule has 1 fully saturated rings.